The van der Waals surface area contributed by atoms with E-state index in [-0.39, 0.29) is 22.9 Å². The number of ether oxygens (including phenoxy) is 1. The predicted molar refractivity (Wildman–Crippen MR) is 101 cm³/mol. The van der Waals surface area contributed by atoms with Crippen molar-refractivity contribution in [3.05, 3.63) is 62.6 Å². The Morgan fingerprint density at radius 2 is 1.88 bits per heavy atom. The zero-order valence-electron chi connectivity index (χ0n) is 13.1. The summed E-state index contributed by atoms with van der Waals surface area (Å²) in [5.41, 5.74) is 0.314. The van der Waals surface area contributed by atoms with Crippen LogP contribution in [0, 0.1) is 4.77 Å². The molecule has 0 spiro atoms. The van der Waals surface area contributed by atoms with Gasteiger partial charge in [-0.25, -0.2) is 5.10 Å². The maximum atomic E-state index is 9.82. The van der Waals surface area contributed by atoms with Crippen LogP contribution in [0.4, 0.5) is 0 Å². The molecule has 0 atom stereocenters. The molecule has 0 amide bonds. The molecule has 0 saturated carbocycles. The van der Waals surface area contributed by atoms with E-state index >= 15 is 0 Å². The summed E-state index contributed by atoms with van der Waals surface area (Å²) in [7, 11) is 0. The lowest BCUT2D eigenvalue weighted by Crippen LogP contribution is -2.04. The Morgan fingerprint density at radius 1 is 1.19 bits per heavy atom. The Balaban J connectivity index is 1.84. The van der Waals surface area contributed by atoms with Crippen molar-refractivity contribution in [2.45, 2.75) is 6.61 Å². The number of phenolic OH excluding ortho intramolecular Hbond substituents is 2. The van der Waals surface area contributed by atoms with Gasteiger partial charge in [0.05, 0.1) is 16.3 Å². The Hall–Kier alpha value is -2.55. The number of aromatic hydroxyl groups is 2. The number of halogens is 2. The molecule has 3 aromatic rings. The second-order valence-corrected chi connectivity index (χ2v) is 6.26. The second kappa shape index (κ2) is 7.77. The highest BCUT2D eigenvalue weighted by Crippen LogP contribution is 2.32. The van der Waals surface area contributed by atoms with Crippen LogP contribution in [0.3, 0.4) is 0 Å². The highest BCUT2D eigenvalue weighted by molar-refractivity contribution is 7.71. The SMILES string of the molecule is Oc1cccc(/C=N/n2c(COc3c(Cl)cccc3Cl)n[nH]c2=S)c1O. The largest absolute Gasteiger partial charge is 0.504 e. The summed E-state index contributed by atoms with van der Waals surface area (Å²) in [4.78, 5) is 0. The van der Waals surface area contributed by atoms with Crippen molar-refractivity contribution in [1.82, 2.24) is 14.9 Å². The van der Waals surface area contributed by atoms with Crippen molar-refractivity contribution in [1.29, 1.82) is 0 Å². The fourth-order valence-electron chi connectivity index (χ4n) is 2.07. The van der Waals surface area contributed by atoms with Gasteiger partial charge in [0.2, 0.25) is 4.77 Å². The Kier molecular flexibility index (Phi) is 5.46. The van der Waals surface area contributed by atoms with Gasteiger partial charge in [-0.1, -0.05) is 35.3 Å². The maximum absolute atomic E-state index is 9.82. The van der Waals surface area contributed by atoms with E-state index in [0.717, 1.165) is 0 Å². The van der Waals surface area contributed by atoms with E-state index in [1.54, 1.807) is 30.3 Å². The molecule has 0 aliphatic carbocycles. The molecule has 0 aliphatic rings. The van der Waals surface area contributed by atoms with Crippen molar-refractivity contribution < 1.29 is 14.9 Å². The number of aromatic amines is 1. The number of hydrogen-bond acceptors (Lipinski definition) is 6. The standard InChI is InChI=1S/C16H12Cl2N4O3S/c17-10-4-2-5-11(18)15(10)25-8-13-20-21-16(26)22(13)19-7-9-3-1-6-12(23)14(9)24/h1-7,23-24H,8H2,(H,21,26)/b19-7+. The van der Waals surface area contributed by atoms with E-state index in [0.29, 0.717) is 27.2 Å². The fraction of sp³-hybridized carbons (Fsp3) is 0.0625. The Labute approximate surface area is 163 Å². The van der Waals surface area contributed by atoms with Crippen LogP contribution in [0.15, 0.2) is 41.5 Å². The third kappa shape index (κ3) is 3.82. The van der Waals surface area contributed by atoms with Gasteiger partial charge in [-0.2, -0.15) is 14.9 Å². The third-order valence-corrected chi connectivity index (χ3v) is 4.20. The first kappa shape index (κ1) is 18.2. The minimum atomic E-state index is -0.285. The van der Waals surface area contributed by atoms with Crippen molar-refractivity contribution in [2.75, 3.05) is 0 Å². The average Bonchev–Trinajstić information content (AvgIpc) is 2.96. The summed E-state index contributed by atoms with van der Waals surface area (Å²) in [6, 6.07) is 9.55. The molecule has 0 aliphatic heterocycles. The minimum Gasteiger partial charge on any atom is -0.504 e. The summed E-state index contributed by atoms with van der Waals surface area (Å²) in [5.74, 6) is 0.154. The van der Waals surface area contributed by atoms with Gasteiger partial charge in [0.15, 0.2) is 23.1 Å². The molecule has 3 N–H and O–H groups in total. The van der Waals surface area contributed by atoms with Gasteiger partial charge in [0.1, 0.15) is 6.61 Å². The lowest BCUT2D eigenvalue weighted by atomic mass is 10.2. The average molecular weight is 411 g/mol. The molecule has 0 unspecified atom stereocenters. The number of rotatable bonds is 5. The first-order chi connectivity index (χ1) is 12.5. The van der Waals surface area contributed by atoms with Crippen LogP contribution in [0.5, 0.6) is 17.2 Å². The number of nitrogens with one attached hydrogen (secondary N) is 1. The topological polar surface area (TPSA) is 95.7 Å². The summed E-state index contributed by atoms with van der Waals surface area (Å²) >= 11 is 17.3. The summed E-state index contributed by atoms with van der Waals surface area (Å²) < 4.78 is 7.18. The number of benzene rings is 2. The van der Waals surface area contributed by atoms with Crippen LogP contribution >= 0.6 is 35.4 Å². The van der Waals surface area contributed by atoms with Crippen molar-refractivity contribution in [3.8, 4) is 17.2 Å². The van der Waals surface area contributed by atoms with Crippen LogP contribution in [-0.2, 0) is 6.61 Å². The highest BCUT2D eigenvalue weighted by atomic mass is 35.5. The number of H-pyrrole nitrogens is 1. The molecule has 2 aromatic carbocycles. The maximum Gasteiger partial charge on any atom is 0.216 e. The Bertz CT molecular complexity index is 1010. The van der Waals surface area contributed by atoms with E-state index in [9.17, 15) is 10.2 Å². The molecule has 3 rings (SSSR count). The third-order valence-electron chi connectivity index (χ3n) is 3.34. The van der Waals surface area contributed by atoms with Crippen LogP contribution < -0.4 is 4.74 Å². The number of phenols is 2. The normalized spacial score (nSPS) is 11.2. The number of nitrogens with zero attached hydrogens (tertiary/aromatic N) is 3. The molecule has 1 aromatic heterocycles. The van der Waals surface area contributed by atoms with E-state index < -0.39 is 0 Å². The monoisotopic (exact) mass is 410 g/mol. The summed E-state index contributed by atoms with van der Waals surface area (Å²) in [6.45, 7) is -0.0000445. The van der Waals surface area contributed by atoms with Crippen LogP contribution in [-0.4, -0.2) is 31.3 Å². The van der Waals surface area contributed by atoms with Gasteiger partial charge in [0, 0.05) is 5.56 Å². The molecule has 0 saturated heterocycles. The van der Waals surface area contributed by atoms with E-state index in [4.69, 9.17) is 40.2 Å². The fourth-order valence-corrected chi connectivity index (χ4v) is 2.77. The molecule has 0 bridgehead atoms. The van der Waals surface area contributed by atoms with Crippen molar-refractivity contribution in [2.24, 2.45) is 5.10 Å². The number of hydrogen-bond donors (Lipinski definition) is 3. The molecule has 26 heavy (non-hydrogen) atoms. The summed E-state index contributed by atoms with van der Waals surface area (Å²) in [5, 5.41) is 30.9. The quantitative estimate of drug-likeness (QED) is 0.334. The van der Waals surface area contributed by atoms with E-state index in [1.807, 2.05) is 0 Å². The molecule has 7 nitrogen and oxygen atoms in total. The van der Waals surface area contributed by atoms with Gasteiger partial charge >= 0.3 is 0 Å². The van der Waals surface area contributed by atoms with Crippen LogP contribution in [0.25, 0.3) is 0 Å². The molecule has 0 radical (unpaired) electrons. The van der Waals surface area contributed by atoms with Gasteiger partial charge in [-0.3, -0.25) is 0 Å². The Morgan fingerprint density at radius 3 is 2.62 bits per heavy atom. The lowest BCUT2D eigenvalue weighted by Gasteiger charge is -2.09. The smallest absolute Gasteiger partial charge is 0.216 e. The molecule has 10 heteroatoms. The van der Waals surface area contributed by atoms with Crippen molar-refractivity contribution in [3.63, 3.8) is 0 Å². The van der Waals surface area contributed by atoms with Crippen LogP contribution in [0.1, 0.15) is 11.4 Å². The highest BCUT2D eigenvalue weighted by Gasteiger charge is 2.11. The van der Waals surface area contributed by atoms with E-state index in [2.05, 4.69) is 15.3 Å². The number of aromatic nitrogens is 3. The van der Waals surface area contributed by atoms with Gasteiger partial charge in [0.25, 0.3) is 0 Å². The summed E-state index contributed by atoms with van der Waals surface area (Å²) in [6.07, 6.45) is 1.34. The first-order valence-electron chi connectivity index (χ1n) is 7.25. The minimum absolute atomic E-state index is 0.0000445. The van der Waals surface area contributed by atoms with Crippen LogP contribution in [0.2, 0.25) is 10.0 Å². The predicted octanol–water partition coefficient (Wildman–Crippen LogP) is 4.12. The number of para-hydroxylation sites is 2. The van der Waals surface area contributed by atoms with Gasteiger partial charge in [-0.05, 0) is 36.5 Å². The van der Waals surface area contributed by atoms with Gasteiger partial charge < -0.3 is 14.9 Å². The van der Waals surface area contributed by atoms with E-state index in [1.165, 1.54) is 17.0 Å². The molecule has 1 heterocycles. The van der Waals surface area contributed by atoms with Gasteiger partial charge in [-0.15, -0.1) is 0 Å². The molecular formula is C16H12Cl2N4O3S. The molecule has 134 valence electrons. The second-order valence-electron chi connectivity index (χ2n) is 5.06. The molecule has 0 fully saturated rings. The first-order valence-corrected chi connectivity index (χ1v) is 8.42. The zero-order valence-corrected chi connectivity index (χ0v) is 15.4. The zero-order chi connectivity index (χ0) is 18.7. The molecular weight excluding hydrogens is 399 g/mol. The van der Waals surface area contributed by atoms with Crippen molar-refractivity contribution >= 4 is 41.6 Å². The lowest BCUT2D eigenvalue weighted by molar-refractivity contribution is 0.291.